The Labute approximate surface area is 143 Å². The first-order chi connectivity index (χ1) is 11.1. The summed E-state index contributed by atoms with van der Waals surface area (Å²) in [4.78, 5) is 9.71. The smallest absolute Gasteiger partial charge is 0.230 e. The molecule has 0 radical (unpaired) electrons. The Morgan fingerprint density at radius 2 is 2.09 bits per heavy atom. The molecule has 0 aromatic carbocycles. The molecule has 0 bridgehead atoms. The summed E-state index contributed by atoms with van der Waals surface area (Å²) in [7, 11) is 0. The van der Waals surface area contributed by atoms with Crippen LogP contribution in [0.4, 0.5) is 0 Å². The Morgan fingerprint density at radius 3 is 2.74 bits per heavy atom. The van der Waals surface area contributed by atoms with Crippen molar-refractivity contribution < 1.29 is 5.11 Å². The van der Waals surface area contributed by atoms with Crippen LogP contribution in [-0.4, -0.2) is 37.7 Å². The fourth-order valence-electron chi connectivity index (χ4n) is 3.72. The van der Waals surface area contributed by atoms with Crippen LogP contribution >= 0.6 is 22.7 Å². The van der Waals surface area contributed by atoms with Crippen molar-refractivity contribution in [2.24, 2.45) is 11.8 Å². The molecule has 0 saturated carbocycles. The molecule has 1 aliphatic heterocycles. The zero-order valence-electron chi connectivity index (χ0n) is 13.2. The minimum atomic E-state index is 0.0914. The van der Waals surface area contributed by atoms with Gasteiger partial charge in [0.1, 0.15) is 6.33 Å². The number of hydrogen-bond acceptors (Lipinski definition) is 6. The molecule has 1 saturated heterocycles. The van der Waals surface area contributed by atoms with Crippen molar-refractivity contribution in [3.8, 4) is 5.88 Å². The number of piperidine rings is 1. The third kappa shape index (κ3) is 2.66. The van der Waals surface area contributed by atoms with Crippen LogP contribution in [0.3, 0.4) is 0 Å². The van der Waals surface area contributed by atoms with Gasteiger partial charge in [-0.3, -0.25) is 4.90 Å². The molecule has 1 N–H and O–H groups in total. The first kappa shape index (κ1) is 15.1. The summed E-state index contributed by atoms with van der Waals surface area (Å²) in [5, 5.41) is 16.9. The third-order valence-electron chi connectivity index (χ3n) is 4.46. The largest absolute Gasteiger partial charge is 0.492 e. The number of thiophene rings is 1. The van der Waals surface area contributed by atoms with E-state index in [0.717, 1.165) is 22.9 Å². The normalized spacial score (nSPS) is 24.3. The molecule has 0 aliphatic carbocycles. The van der Waals surface area contributed by atoms with E-state index in [2.05, 4.69) is 46.3 Å². The maximum atomic E-state index is 10.7. The zero-order chi connectivity index (χ0) is 16.0. The second-order valence-electron chi connectivity index (χ2n) is 6.56. The van der Waals surface area contributed by atoms with Crippen LogP contribution in [0.2, 0.25) is 0 Å². The quantitative estimate of drug-likeness (QED) is 0.785. The van der Waals surface area contributed by atoms with Gasteiger partial charge in [0.15, 0.2) is 0 Å². The van der Waals surface area contributed by atoms with Crippen LogP contribution in [0, 0.1) is 11.8 Å². The number of rotatable bonds is 3. The molecule has 3 aromatic heterocycles. The molecule has 1 fully saturated rings. The number of aromatic nitrogens is 3. The van der Waals surface area contributed by atoms with Crippen molar-refractivity contribution in [2.45, 2.75) is 26.3 Å². The van der Waals surface area contributed by atoms with Crippen LogP contribution in [-0.2, 0) is 0 Å². The van der Waals surface area contributed by atoms with E-state index in [4.69, 9.17) is 0 Å². The van der Waals surface area contributed by atoms with E-state index in [1.54, 1.807) is 11.3 Å². The second-order valence-corrected chi connectivity index (χ2v) is 8.55. The van der Waals surface area contributed by atoms with Gasteiger partial charge in [0.2, 0.25) is 10.8 Å². The van der Waals surface area contributed by atoms with E-state index in [1.807, 2.05) is 0 Å². The Morgan fingerprint density at radius 1 is 1.30 bits per heavy atom. The van der Waals surface area contributed by atoms with Gasteiger partial charge in [-0.25, -0.2) is 4.98 Å². The second kappa shape index (κ2) is 5.89. The van der Waals surface area contributed by atoms with Crippen molar-refractivity contribution in [1.29, 1.82) is 0 Å². The molecule has 4 heterocycles. The van der Waals surface area contributed by atoms with Gasteiger partial charge >= 0.3 is 0 Å². The summed E-state index contributed by atoms with van der Waals surface area (Å²) >= 11 is 3.28. The van der Waals surface area contributed by atoms with E-state index in [-0.39, 0.29) is 11.9 Å². The highest BCUT2D eigenvalue weighted by atomic mass is 32.1. The van der Waals surface area contributed by atoms with Crippen molar-refractivity contribution in [3.63, 3.8) is 0 Å². The summed E-state index contributed by atoms with van der Waals surface area (Å²) in [6, 6.07) is 4.33. The predicted molar refractivity (Wildman–Crippen MR) is 93.2 cm³/mol. The first-order valence-electron chi connectivity index (χ1n) is 7.92. The fraction of sp³-hybridized carbons (Fsp3) is 0.500. The van der Waals surface area contributed by atoms with Crippen molar-refractivity contribution >= 4 is 27.6 Å². The van der Waals surface area contributed by atoms with E-state index in [1.165, 1.54) is 33.5 Å². The van der Waals surface area contributed by atoms with Crippen LogP contribution in [0.15, 0.2) is 23.8 Å². The van der Waals surface area contributed by atoms with Gasteiger partial charge in [-0.15, -0.1) is 11.3 Å². The maximum Gasteiger partial charge on any atom is 0.230 e. The minimum Gasteiger partial charge on any atom is -0.492 e. The molecular formula is C16H20N4OS2. The Balaban J connectivity index is 1.79. The van der Waals surface area contributed by atoms with Crippen LogP contribution < -0.4 is 0 Å². The number of fused-ring (bicyclic) bond motifs is 1. The SMILES string of the molecule is C[C@@H]1C[C@@H](C)CN([C@@H](c2cccs2)c2sc3ncnn3c2O)C1. The van der Waals surface area contributed by atoms with Gasteiger partial charge in [-0.1, -0.05) is 31.3 Å². The van der Waals surface area contributed by atoms with Gasteiger partial charge in [-0.2, -0.15) is 9.61 Å². The third-order valence-corrected chi connectivity index (χ3v) is 6.47. The van der Waals surface area contributed by atoms with E-state index in [0.29, 0.717) is 11.8 Å². The molecule has 0 amide bonds. The van der Waals surface area contributed by atoms with E-state index >= 15 is 0 Å². The number of aromatic hydroxyl groups is 1. The van der Waals surface area contributed by atoms with Crippen LogP contribution in [0.25, 0.3) is 4.96 Å². The molecule has 0 spiro atoms. The standard InChI is InChI=1S/C16H20N4OS2/c1-10-6-11(2)8-19(7-10)13(12-4-3-5-22-12)14-15(21)20-16(23-14)17-9-18-20/h3-5,9-11,13,21H,6-8H2,1-2H3/t10-,11-,13+/m1/s1. The van der Waals surface area contributed by atoms with Crippen molar-refractivity contribution in [1.82, 2.24) is 19.5 Å². The molecular weight excluding hydrogens is 328 g/mol. The lowest BCUT2D eigenvalue weighted by molar-refractivity contribution is 0.113. The topological polar surface area (TPSA) is 53.7 Å². The van der Waals surface area contributed by atoms with Crippen LogP contribution in [0.5, 0.6) is 5.88 Å². The highest BCUT2D eigenvalue weighted by Crippen LogP contribution is 2.42. The summed E-state index contributed by atoms with van der Waals surface area (Å²) in [6.45, 7) is 6.74. The zero-order valence-corrected chi connectivity index (χ0v) is 14.8. The highest BCUT2D eigenvalue weighted by Gasteiger charge is 2.33. The minimum absolute atomic E-state index is 0.0914. The Bertz CT molecular complexity index is 784. The van der Waals surface area contributed by atoms with Crippen LogP contribution in [0.1, 0.15) is 36.1 Å². The predicted octanol–water partition coefficient (Wildman–Crippen LogP) is 3.63. The van der Waals surface area contributed by atoms with Gasteiger partial charge in [0.25, 0.3) is 0 Å². The van der Waals surface area contributed by atoms with E-state index in [9.17, 15) is 5.11 Å². The lowest BCUT2D eigenvalue weighted by Crippen LogP contribution is -2.41. The van der Waals surface area contributed by atoms with Gasteiger partial charge in [-0.05, 0) is 29.7 Å². The lowest BCUT2D eigenvalue weighted by atomic mass is 9.90. The fourth-order valence-corrected chi connectivity index (χ4v) is 5.74. The monoisotopic (exact) mass is 348 g/mol. The Hall–Kier alpha value is -1.44. The van der Waals surface area contributed by atoms with E-state index < -0.39 is 0 Å². The lowest BCUT2D eigenvalue weighted by Gasteiger charge is -2.39. The molecule has 122 valence electrons. The summed E-state index contributed by atoms with van der Waals surface area (Å²) in [5.74, 6) is 1.57. The molecule has 3 aromatic rings. The molecule has 3 atom stereocenters. The highest BCUT2D eigenvalue weighted by molar-refractivity contribution is 7.17. The Kier molecular flexibility index (Phi) is 3.87. The molecule has 4 rings (SSSR count). The number of thiazole rings is 1. The molecule has 1 aliphatic rings. The summed E-state index contributed by atoms with van der Waals surface area (Å²) in [5.41, 5.74) is 0. The van der Waals surface area contributed by atoms with Crippen molar-refractivity contribution in [3.05, 3.63) is 33.6 Å². The van der Waals surface area contributed by atoms with Gasteiger partial charge < -0.3 is 5.11 Å². The summed E-state index contributed by atoms with van der Waals surface area (Å²) < 4.78 is 1.54. The summed E-state index contributed by atoms with van der Waals surface area (Å²) in [6.07, 6.45) is 2.76. The average molecular weight is 348 g/mol. The van der Waals surface area contributed by atoms with Gasteiger partial charge in [0.05, 0.1) is 10.9 Å². The molecule has 5 nitrogen and oxygen atoms in total. The number of hydrogen-bond donors (Lipinski definition) is 1. The number of nitrogens with zero attached hydrogens (tertiary/aromatic N) is 4. The maximum absolute atomic E-state index is 10.7. The molecule has 0 unspecified atom stereocenters. The molecule has 23 heavy (non-hydrogen) atoms. The average Bonchev–Trinajstić information content (AvgIpc) is 3.20. The first-order valence-corrected chi connectivity index (χ1v) is 9.62. The number of likely N-dealkylation sites (tertiary alicyclic amines) is 1. The molecule has 7 heteroatoms. The van der Waals surface area contributed by atoms with Gasteiger partial charge in [0, 0.05) is 18.0 Å². The van der Waals surface area contributed by atoms with Crippen molar-refractivity contribution in [2.75, 3.05) is 13.1 Å².